The zero-order chi connectivity index (χ0) is 15.2. The van der Waals surface area contributed by atoms with Crippen molar-refractivity contribution in [2.75, 3.05) is 0 Å². The number of nitrogens with zero attached hydrogens (tertiary/aromatic N) is 1. The van der Waals surface area contributed by atoms with Gasteiger partial charge >= 0.3 is 5.97 Å². The van der Waals surface area contributed by atoms with E-state index in [9.17, 15) is 9.59 Å². The maximum Gasteiger partial charge on any atom is 0.335 e. The molecule has 0 aliphatic heterocycles. The molecule has 2 rings (SSSR count). The molecular formula is C15H16N2O3S. The van der Waals surface area contributed by atoms with Gasteiger partial charge in [0.1, 0.15) is 5.01 Å². The second-order valence-corrected chi connectivity index (χ2v) is 5.46. The monoisotopic (exact) mass is 304 g/mol. The van der Waals surface area contributed by atoms with E-state index in [1.807, 2.05) is 12.3 Å². The zero-order valence-electron chi connectivity index (χ0n) is 11.6. The number of aromatic carboxylic acids is 1. The fraction of sp³-hybridized carbons (Fsp3) is 0.267. The Morgan fingerprint density at radius 1 is 1.38 bits per heavy atom. The van der Waals surface area contributed by atoms with Crippen LogP contribution in [0.2, 0.25) is 0 Å². The van der Waals surface area contributed by atoms with Gasteiger partial charge in [0.15, 0.2) is 0 Å². The number of hydrogen-bond donors (Lipinski definition) is 2. The summed E-state index contributed by atoms with van der Waals surface area (Å²) in [4.78, 5) is 27.5. The van der Waals surface area contributed by atoms with Crippen LogP contribution in [-0.2, 0) is 11.2 Å². The van der Waals surface area contributed by atoms with E-state index in [-0.39, 0.29) is 23.9 Å². The Balaban J connectivity index is 2.07. The van der Waals surface area contributed by atoms with E-state index in [1.165, 1.54) is 17.4 Å². The molecule has 0 aliphatic carbocycles. The van der Waals surface area contributed by atoms with Gasteiger partial charge < -0.3 is 10.4 Å². The molecule has 0 bridgehead atoms. The van der Waals surface area contributed by atoms with Gasteiger partial charge in [-0.25, -0.2) is 9.78 Å². The lowest BCUT2D eigenvalue weighted by atomic mass is 10.0. The van der Waals surface area contributed by atoms with Crippen LogP contribution in [0.4, 0.5) is 0 Å². The smallest absolute Gasteiger partial charge is 0.335 e. The summed E-state index contributed by atoms with van der Waals surface area (Å²) in [7, 11) is 0. The van der Waals surface area contributed by atoms with E-state index in [2.05, 4.69) is 10.3 Å². The zero-order valence-corrected chi connectivity index (χ0v) is 12.4. The molecule has 21 heavy (non-hydrogen) atoms. The molecule has 0 fully saturated rings. The molecule has 2 N–H and O–H groups in total. The third kappa shape index (κ3) is 3.88. The largest absolute Gasteiger partial charge is 0.478 e. The van der Waals surface area contributed by atoms with Crippen molar-refractivity contribution >= 4 is 23.2 Å². The lowest BCUT2D eigenvalue weighted by Crippen LogP contribution is -2.29. The first-order valence-corrected chi connectivity index (χ1v) is 7.49. The average Bonchev–Trinajstić information content (AvgIpc) is 2.99. The van der Waals surface area contributed by atoms with E-state index >= 15 is 0 Å². The number of benzene rings is 1. The Labute approximate surface area is 126 Å². The molecule has 1 unspecified atom stereocenters. The van der Waals surface area contributed by atoms with Crippen molar-refractivity contribution in [1.82, 2.24) is 10.3 Å². The van der Waals surface area contributed by atoms with Gasteiger partial charge in [-0.1, -0.05) is 25.1 Å². The minimum absolute atomic E-state index is 0.0460. The molecule has 2 aromatic rings. The van der Waals surface area contributed by atoms with Crippen LogP contribution < -0.4 is 5.32 Å². The fourth-order valence-corrected chi connectivity index (χ4v) is 2.82. The van der Waals surface area contributed by atoms with E-state index < -0.39 is 5.97 Å². The number of carbonyl (C=O) groups excluding carboxylic acids is 1. The quantitative estimate of drug-likeness (QED) is 0.860. The molecule has 5 nitrogen and oxygen atoms in total. The Bertz CT molecular complexity index is 626. The number of thiazole rings is 1. The molecule has 110 valence electrons. The van der Waals surface area contributed by atoms with Crippen LogP contribution in [0.15, 0.2) is 35.8 Å². The van der Waals surface area contributed by atoms with E-state index in [0.29, 0.717) is 5.56 Å². The summed E-state index contributed by atoms with van der Waals surface area (Å²) in [5, 5.41) is 14.7. The molecule has 0 saturated heterocycles. The second kappa shape index (κ2) is 6.99. The first-order chi connectivity index (χ1) is 10.1. The van der Waals surface area contributed by atoms with E-state index in [1.54, 1.807) is 24.4 Å². The van der Waals surface area contributed by atoms with Gasteiger partial charge in [0.05, 0.1) is 18.0 Å². The Morgan fingerprint density at radius 2 is 2.14 bits per heavy atom. The minimum Gasteiger partial charge on any atom is -0.478 e. The third-order valence-corrected chi connectivity index (χ3v) is 3.98. The van der Waals surface area contributed by atoms with Gasteiger partial charge in [-0.3, -0.25) is 4.79 Å². The molecule has 1 aromatic carbocycles. The highest BCUT2D eigenvalue weighted by molar-refractivity contribution is 7.09. The molecule has 1 atom stereocenters. The number of amides is 1. The highest BCUT2D eigenvalue weighted by Gasteiger charge is 2.17. The lowest BCUT2D eigenvalue weighted by molar-refractivity contribution is -0.121. The summed E-state index contributed by atoms with van der Waals surface area (Å²) in [6.07, 6.45) is 2.48. The van der Waals surface area contributed by atoms with E-state index in [4.69, 9.17) is 5.11 Å². The van der Waals surface area contributed by atoms with Gasteiger partial charge in [-0.15, -0.1) is 11.3 Å². The molecule has 0 radical (unpaired) electrons. The van der Waals surface area contributed by atoms with Crippen molar-refractivity contribution in [1.29, 1.82) is 0 Å². The molecular weight excluding hydrogens is 288 g/mol. The Kier molecular flexibility index (Phi) is 5.05. The lowest BCUT2D eigenvalue weighted by Gasteiger charge is -2.15. The standard InChI is InChI=1S/C15H16N2O3S/c1-2-12(14-16-7-8-21-14)17-13(18)9-10-5-3-4-6-11(10)15(19)20/h3-8,12H,2,9H2,1H3,(H,17,18)(H,19,20). The molecule has 1 heterocycles. The fourth-order valence-electron chi connectivity index (χ4n) is 2.05. The third-order valence-electron chi connectivity index (χ3n) is 3.09. The van der Waals surface area contributed by atoms with Crippen LogP contribution in [0.1, 0.15) is 40.3 Å². The van der Waals surface area contributed by atoms with Crippen LogP contribution >= 0.6 is 11.3 Å². The number of carbonyl (C=O) groups is 2. The van der Waals surface area contributed by atoms with Crippen molar-refractivity contribution in [2.24, 2.45) is 0 Å². The number of rotatable bonds is 6. The second-order valence-electron chi connectivity index (χ2n) is 4.54. The van der Waals surface area contributed by atoms with Crippen LogP contribution in [-0.4, -0.2) is 22.0 Å². The highest BCUT2D eigenvalue weighted by Crippen LogP contribution is 2.19. The molecule has 1 aromatic heterocycles. The number of hydrogen-bond acceptors (Lipinski definition) is 4. The van der Waals surface area contributed by atoms with Crippen LogP contribution in [0.5, 0.6) is 0 Å². The summed E-state index contributed by atoms with van der Waals surface area (Å²) in [5.41, 5.74) is 0.673. The topological polar surface area (TPSA) is 79.3 Å². The highest BCUT2D eigenvalue weighted by atomic mass is 32.1. The Morgan fingerprint density at radius 3 is 2.76 bits per heavy atom. The first-order valence-electron chi connectivity index (χ1n) is 6.61. The molecule has 1 amide bonds. The van der Waals surface area contributed by atoms with Gasteiger partial charge in [0.25, 0.3) is 0 Å². The number of carboxylic acid groups (broad SMARTS) is 1. The average molecular weight is 304 g/mol. The molecule has 0 aliphatic rings. The summed E-state index contributed by atoms with van der Waals surface area (Å²) in [5.74, 6) is -1.23. The van der Waals surface area contributed by atoms with Crippen LogP contribution in [0, 0.1) is 0 Å². The molecule has 0 saturated carbocycles. The predicted octanol–water partition coefficient (Wildman–Crippen LogP) is 2.65. The normalized spacial score (nSPS) is 11.9. The number of carboxylic acids is 1. The SMILES string of the molecule is CCC(NC(=O)Cc1ccccc1C(=O)O)c1nccs1. The van der Waals surface area contributed by atoms with Crippen molar-refractivity contribution in [3.05, 3.63) is 52.0 Å². The molecule has 0 spiro atoms. The van der Waals surface area contributed by atoms with Gasteiger partial charge in [0, 0.05) is 11.6 Å². The minimum atomic E-state index is -1.02. The summed E-state index contributed by atoms with van der Waals surface area (Å²) >= 11 is 1.49. The van der Waals surface area contributed by atoms with Gasteiger partial charge in [-0.05, 0) is 18.1 Å². The predicted molar refractivity (Wildman–Crippen MR) is 80.4 cm³/mol. The van der Waals surface area contributed by atoms with E-state index in [0.717, 1.165) is 11.4 Å². The van der Waals surface area contributed by atoms with Crippen molar-refractivity contribution in [3.63, 3.8) is 0 Å². The Hall–Kier alpha value is -2.21. The van der Waals surface area contributed by atoms with Crippen molar-refractivity contribution in [3.8, 4) is 0 Å². The maximum absolute atomic E-state index is 12.1. The summed E-state index contributed by atoms with van der Waals surface area (Å²) in [6.45, 7) is 1.97. The van der Waals surface area contributed by atoms with Gasteiger partial charge in [0.2, 0.25) is 5.91 Å². The van der Waals surface area contributed by atoms with Crippen molar-refractivity contribution < 1.29 is 14.7 Å². The summed E-state index contributed by atoms with van der Waals surface area (Å²) in [6, 6.07) is 6.41. The van der Waals surface area contributed by atoms with Gasteiger partial charge in [-0.2, -0.15) is 0 Å². The first kappa shape index (κ1) is 15.2. The van der Waals surface area contributed by atoms with Crippen molar-refractivity contribution in [2.45, 2.75) is 25.8 Å². The summed E-state index contributed by atoms with van der Waals surface area (Å²) < 4.78 is 0. The molecule has 6 heteroatoms. The maximum atomic E-state index is 12.1. The number of aromatic nitrogens is 1. The number of nitrogens with one attached hydrogen (secondary N) is 1. The van der Waals surface area contributed by atoms with Crippen LogP contribution in [0.3, 0.4) is 0 Å². The van der Waals surface area contributed by atoms with Crippen LogP contribution in [0.25, 0.3) is 0 Å².